The van der Waals surface area contributed by atoms with Crippen molar-refractivity contribution in [3.05, 3.63) is 58.3 Å². The maximum Gasteiger partial charge on any atom is 0.339 e. The fourth-order valence-electron chi connectivity index (χ4n) is 1.70. The van der Waals surface area contributed by atoms with Crippen LogP contribution < -0.4 is 10.6 Å². The van der Waals surface area contributed by atoms with Gasteiger partial charge in [-0.1, -0.05) is 30.3 Å². The molecule has 120 valence electrons. The molecule has 0 saturated heterocycles. The summed E-state index contributed by atoms with van der Waals surface area (Å²) in [5.74, 6) is -1.28. The Morgan fingerprint density at radius 3 is 2.57 bits per heavy atom. The van der Waals surface area contributed by atoms with Gasteiger partial charge in [0.05, 0.1) is 5.56 Å². The Hall–Kier alpha value is -2.67. The third-order valence-electron chi connectivity index (χ3n) is 2.94. The molecule has 0 unspecified atom stereocenters. The predicted octanol–water partition coefficient (Wildman–Crippen LogP) is 2.32. The molecule has 2 aromatic rings. The summed E-state index contributed by atoms with van der Waals surface area (Å²) >= 11 is 1.35. The van der Waals surface area contributed by atoms with Crippen molar-refractivity contribution in [2.24, 2.45) is 0 Å². The van der Waals surface area contributed by atoms with Gasteiger partial charge in [-0.05, 0) is 23.9 Å². The van der Waals surface area contributed by atoms with Gasteiger partial charge in [0.2, 0.25) is 0 Å². The number of rotatable bonds is 5. The maximum absolute atomic E-state index is 11.8. The molecule has 3 amide bonds. The number of benzene rings is 1. The van der Waals surface area contributed by atoms with Crippen LogP contribution in [0.25, 0.3) is 0 Å². The second-order valence-electron chi connectivity index (χ2n) is 4.72. The van der Waals surface area contributed by atoms with Crippen molar-refractivity contribution in [3.8, 4) is 0 Å². The Labute approximate surface area is 137 Å². The Balaban J connectivity index is 1.76. The average Bonchev–Trinajstić information content (AvgIpc) is 3.08. The Morgan fingerprint density at radius 2 is 1.91 bits per heavy atom. The van der Waals surface area contributed by atoms with E-state index in [1.165, 1.54) is 18.3 Å². The van der Waals surface area contributed by atoms with Crippen LogP contribution in [0.3, 0.4) is 0 Å². The monoisotopic (exact) mass is 332 g/mol. The number of imide groups is 1. The number of hydrogen-bond acceptors (Lipinski definition) is 5. The summed E-state index contributed by atoms with van der Waals surface area (Å²) in [7, 11) is 0. The van der Waals surface area contributed by atoms with Crippen LogP contribution >= 0.6 is 11.3 Å². The van der Waals surface area contributed by atoms with E-state index in [0.717, 1.165) is 5.56 Å². The molecule has 0 fully saturated rings. The van der Waals surface area contributed by atoms with Crippen LogP contribution in [0.5, 0.6) is 0 Å². The maximum atomic E-state index is 11.8. The minimum atomic E-state index is -1.06. The Kier molecular flexibility index (Phi) is 5.87. The van der Waals surface area contributed by atoms with Gasteiger partial charge in [0, 0.05) is 11.9 Å². The van der Waals surface area contributed by atoms with Crippen molar-refractivity contribution >= 4 is 29.2 Å². The van der Waals surface area contributed by atoms with E-state index in [4.69, 9.17) is 4.74 Å². The van der Waals surface area contributed by atoms with Gasteiger partial charge < -0.3 is 10.1 Å². The third-order valence-corrected chi connectivity index (χ3v) is 3.63. The van der Waals surface area contributed by atoms with Gasteiger partial charge in [-0.3, -0.25) is 10.1 Å². The first-order chi connectivity index (χ1) is 11.1. The number of hydrogen-bond donors (Lipinski definition) is 2. The summed E-state index contributed by atoms with van der Waals surface area (Å²) in [5, 5.41) is 8.05. The number of nitrogens with one attached hydrogen (secondary N) is 2. The molecule has 0 aliphatic rings. The third kappa shape index (κ3) is 5.23. The van der Waals surface area contributed by atoms with E-state index in [1.807, 2.05) is 30.3 Å². The number of carbonyl (C=O) groups excluding carboxylic acids is 3. The van der Waals surface area contributed by atoms with Crippen molar-refractivity contribution < 1.29 is 19.1 Å². The van der Waals surface area contributed by atoms with E-state index in [-0.39, 0.29) is 0 Å². The van der Waals surface area contributed by atoms with E-state index >= 15 is 0 Å². The topological polar surface area (TPSA) is 84.5 Å². The summed E-state index contributed by atoms with van der Waals surface area (Å²) in [4.78, 5) is 35.2. The lowest BCUT2D eigenvalue weighted by atomic mass is 10.2. The zero-order valence-corrected chi connectivity index (χ0v) is 13.3. The quantitative estimate of drug-likeness (QED) is 0.823. The smallest absolute Gasteiger partial charge is 0.339 e. The van der Waals surface area contributed by atoms with E-state index in [2.05, 4.69) is 10.6 Å². The highest BCUT2D eigenvalue weighted by Crippen LogP contribution is 2.09. The standard InChI is InChI=1S/C16H16N2O4S/c1-11(22-15(20)13-7-8-23-10-13)14(19)18-16(21)17-9-12-5-3-2-4-6-12/h2-8,10-11H,9H2,1H3,(H2,17,18,19,21)/t11-/m0/s1. The minimum Gasteiger partial charge on any atom is -0.449 e. The van der Waals surface area contributed by atoms with Gasteiger partial charge in [-0.25, -0.2) is 9.59 Å². The van der Waals surface area contributed by atoms with Crippen LogP contribution in [0.4, 0.5) is 4.79 Å². The summed E-state index contributed by atoms with van der Waals surface area (Å²) in [6, 6.07) is 10.2. The van der Waals surface area contributed by atoms with Crippen molar-refractivity contribution in [1.82, 2.24) is 10.6 Å². The Morgan fingerprint density at radius 1 is 1.17 bits per heavy atom. The molecule has 0 bridgehead atoms. The molecule has 1 aromatic heterocycles. The van der Waals surface area contributed by atoms with Crippen LogP contribution in [0, 0.1) is 0 Å². The number of amides is 3. The van der Waals surface area contributed by atoms with E-state index in [9.17, 15) is 14.4 Å². The molecule has 1 heterocycles. The first-order valence-corrected chi connectivity index (χ1v) is 7.86. The molecule has 1 aromatic carbocycles. The van der Waals surface area contributed by atoms with E-state index in [1.54, 1.807) is 16.8 Å². The second-order valence-corrected chi connectivity index (χ2v) is 5.50. The van der Waals surface area contributed by atoms with Crippen molar-refractivity contribution in [1.29, 1.82) is 0 Å². The van der Waals surface area contributed by atoms with Crippen molar-refractivity contribution in [2.45, 2.75) is 19.6 Å². The summed E-state index contributed by atoms with van der Waals surface area (Å²) in [6.07, 6.45) is -1.06. The first-order valence-electron chi connectivity index (χ1n) is 6.92. The normalized spacial score (nSPS) is 11.3. The lowest BCUT2D eigenvalue weighted by Crippen LogP contribution is -2.44. The number of carbonyl (C=O) groups is 3. The van der Waals surface area contributed by atoms with Gasteiger partial charge in [0.15, 0.2) is 6.10 Å². The zero-order chi connectivity index (χ0) is 16.7. The molecule has 2 rings (SSSR count). The van der Waals surface area contributed by atoms with Crippen LogP contribution in [0.15, 0.2) is 47.2 Å². The molecular formula is C16H16N2O4S. The molecule has 1 atom stereocenters. The molecule has 23 heavy (non-hydrogen) atoms. The van der Waals surface area contributed by atoms with Crippen molar-refractivity contribution in [2.75, 3.05) is 0 Å². The fraction of sp³-hybridized carbons (Fsp3) is 0.188. The van der Waals surface area contributed by atoms with Gasteiger partial charge >= 0.3 is 12.0 Å². The summed E-state index contributed by atoms with van der Waals surface area (Å²) in [6.45, 7) is 1.70. The van der Waals surface area contributed by atoms with Crippen molar-refractivity contribution in [3.63, 3.8) is 0 Å². The van der Waals surface area contributed by atoms with Crippen LogP contribution in [0.2, 0.25) is 0 Å². The molecule has 0 spiro atoms. The van der Waals surface area contributed by atoms with Gasteiger partial charge in [0.25, 0.3) is 5.91 Å². The summed E-state index contributed by atoms with van der Waals surface area (Å²) in [5.41, 5.74) is 1.29. The number of ether oxygens (including phenoxy) is 1. The summed E-state index contributed by atoms with van der Waals surface area (Å²) < 4.78 is 5.00. The van der Waals surface area contributed by atoms with E-state index < -0.39 is 24.0 Å². The lowest BCUT2D eigenvalue weighted by Gasteiger charge is -2.13. The lowest BCUT2D eigenvalue weighted by molar-refractivity contribution is -0.127. The number of esters is 1. The highest BCUT2D eigenvalue weighted by Gasteiger charge is 2.20. The molecular weight excluding hydrogens is 316 g/mol. The molecule has 0 radical (unpaired) electrons. The molecule has 7 heteroatoms. The predicted molar refractivity (Wildman–Crippen MR) is 86.0 cm³/mol. The van der Waals surface area contributed by atoms with Gasteiger partial charge in [-0.2, -0.15) is 11.3 Å². The molecule has 0 aliphatic carbocycles. The molecule has 0 aliphatic heterocycles. The van der Waals surface area contributed by atoms with Gasteiger partial charge in [-0.15, -0.1) is 0 Å². The molecule has 6 nitrogen and oxygen atoms in total. The fourth-order valence-corrected chi connectivity index (χ4v) is 2.32. The highest BCUT2D eigenvalue weighted by molar-refractivity contribution is 7.08. The van der Waals surface area contributed by atoms with E-state index in [0.29, 0.717) is 12.1 Å². The zero-order valence-electron chi connectivity index (χ0n) is 12.4. The highest BCUT2D eigenvalue weighted by atomic mass is 32.1. The second kappa shape index (κ2) is 8.09. The number of urea groups is 1. The van der Waals surface area contributed by atoms with Crippen LogP contribution in [-0.4, -0.2) is 24.0 Å². The average molecular weight is 332 g/mol. The number of thiophene rings is 1. The SMILES string of the molecule is C[C@H](OC(=O)c1ccsc1)C(=O)NC(=O)NCc1ccccc1. The first kappa shape index (κ1) is 16.7. The van der Waals surface area contributed by atoms with Crippen LogP contribution in [0.1, 0.15) is 22.8 Å². The molecule has 2 N–H and O–H groups in total. The van der Waals surface area contributed by atoms with Gasteiger partial charge in [0.1, 0.15) is 0 Å². The largest absolute Gasteiger partial charge is 0.449 e. The molecule has 0 saturated carbocycles. The minimum absolute atomic E-state index is 0.295. The Bertz CT molecular complexity index is 671. The van der Waals surface area contributed by atoms with Crippen LogP contribution in [-0.2, 0) is 16.1 Å².